The lowest BCUT2D eigenvalue weighted by Crippen LogP contribution is -2.52. The Kier molecular flexibility index (Phi) is 13.8. The molecule has 60 heavy (non-hydrogen) atoms. The number of unbranched alkanes of at least 4 members (excludes halogenated alkanes) is 1. The van der Waals surface area contributed by atoms with Gasteiger partial charge in [-0.3, -0.25) is 44.1 Å². The zero-order chi connectivity index (χ0) is 42.8. The minimum absolute atomic E-state index is 0.0424. The number of amides is 5. The van der Waals surface area contributed by atoms with Crippen molar-refractivity contribution in [2.24, 2.45) is 0 Å². The molecule has 1 fully saturated rings. The van der Waals surface area contributed by atoms with Crippen LogP contribution in [0.5, 0.6) is 5.88 Å². The number of anilines is 3. The van der Waals surface area contributed by atoms with Crippen molar-refractivity contribution in [1.29, 1.82) is 0 Å². The number of carbonyl (C=O) groups excluding carboxylic acids is 5. The fourth-order valence-electron chi connectivity index (χ4n) is 6.49. The van der Waals surface area contributed by atoms with Crippen LogP contribution in [-0.2, 0) is 42.2 Å². The van der Waals surface area contributed by atoms with E-state index in [1.54, 1.807) is 12.1 Å². The number of carbonyl (C=O) groups is 5. The Bertz CT molecular complexity index is 2440. The Morgan fingerprint density at radius 1 is 1.07 bits per heavy atom. The van der Waals surface area contributed by atoms with Crippen molar-refractivity contribution in [1.82, 2.24) is 25.5 Å². The van der Waals surface area contributed by atoms with Crippen molar-refractivity contribution in [2.45, 2.75) is 62.4 Å². The van der Waals surface area contributed by atoms with Crippen LogP contribution in [0.2, 0.25) is 0 Å². The molecule has 6 rings (SSSR count). The van der Waals surface area contributed by atoms with Gasteiger partial charge in [0.05, 0.1) is 28.8 Å². The summed E-state index contributed by atoms with van der Waals surface area (Å²) in [5.74, 6) is -1.82. The van der Waals surface area contributed by atoms with Crippen molar-refractivity contribution in [3.63, 3.8) is 0 Å². The average molecular weight is 860 g/mol. The second kappa shape index (κ2) is 19.3. The summed E-state index contributed by atoms with van der Waals surface area (Å²) in [7, 11) is -2.79. The predicted octanol–water partition coefficient (Wildman–Crippen LogP) is 4.00. The number of methoxy groups -OCH3 is 1. The van der Waals surface area contributed by atoms with Crippen molar-refractivity contribution >= 4 is 79.2 Å². The van der Waals surface area contributed by atoms with Crippen LogP contribution >= 0.6 is 11.3 Å². The minimum atomic E-state index is -4.12. The molecule has 0 bridgehead atoms. The van der Waals surface area contributed by atoms with Gasteiger partial charge in [0.25, 0.3) is 21.8 Å². The number of nitro groups is 1. The van der Waals surface area contributed by atoms with Gasteiger partial charge in [-0.2, -0.15) is 0 Å². The molecule has 5 amide bonds. The van der Waals surface area contributed by atoms with Gasteiger partial charge >= 0.3 is 5.00 Å². The molecule has 1 atom stereocenters. The third kappa shape index (κ3) is 10.8. The Balaban J connectivity index is 0.891. The zero-order valence-electron chi connectivity index (χ0n) is 32.3. The van der Waals surface area contributed by atoms with E-state index >= 15 is 0 Å². The maximum absolute atomic E-state index is 13.1. The second-order valence-electron chi connectivity index (χ2n) is 13.7. The van der Waals surface area contributed by atoms with Crippen molar-refractivity contribution < 1.29 is 42.1 Å². The number of hydrogen-bond donors (Lipinski definition) is 5. The van der Waals surface area contributed by atoms with Crippen LogP contribution in [0.25, 0.3) is 6.08 Å². The van der Waals surface area contributed by atoms with Crippen LogP contribution in [0.1, 0.15) is 65.0 Å². The number of aromatic nitrogens is 2. The van der Waals surface area contributed by atoms with Gasteiger partial charge in [0, 0.05) is 72.0 Å². The summed E-state index contributed by atoms with van der Waals surface area (Å²) in [4.78, 5) is 82.6. The van der Waals surface area contributed by atoms with Gasteiger partial charge in [-0.15, -0.1) is 0 Å². The quantitative estimate of drug-likeness (QED) is 0.0294. The van der Waals surface area contributed by atoms with Crippen LogP contribution in [0.3, 0.4) is 0 Å². The Hall–Kier alpha value is -6.74. The lowest BCUT2D eigenvalue weighted by Gasteiger charge is -2.29. The first kappa shape index (κ1) is 42.9. The number of aryl methyl sites for hydroxylation is 1. The lowest BCUT2D eigenvalue weighted by atomic mass is 10.0. The first-order chi connectivity index (χ1) is 28.8. The number of sulfonamides is 1. The summed E-state index contributed by atoms with van der Waals surface area (Å²) in [6, 6.07) is 13.0. The highest BCUT2D eigenvalue weighted by molar-refractivity contribution is 7.92. The average Bonchev–Trinajstić information content (AvgIpc) is 3.84. The molecule has 0 saturated carbocycles. The SMILES string of the molecule is COc1nc(CCCNC(=O)CCCCNc2cccc3c2CN(C2CCC(=O)NC2=O)C3=O)cnc1NS(=O)(=O)c1ccc(NC(=O)/C=C/c2ccc([N+](=O)[O-])s2)cc1. The molecule has 19 nitrogen and oxygen atoms in total. The van der Waals surface area contributed by atoms with Crippen LogP contribution in [-0.4, -0.2) is 84.0 Å². The molecule has 4 aromatic rings. The van der Waals surface area contributed by atoms with E-state index in [0.717, 1.165) is 22.6 Å². The Morgan fingerprint density at radius 3 is 2.60 bits per heavy atom. The number of nitrogens with one attached hydrogen (secondary N) is 5. The van der Waals surface area contributed by atoms with Gasteiger partial charge in [-0.05, 0) is 80.6 Å². The monoisotopic (exact) mass is 859 g/mol. The summed E-state index contributed by atoms with van der Waals surface area (Å²) in [6.45, 7) is 1.23. The van der Waals surface area contributed by atoms with Crippen molar-refractivity contribution in [3.05, 3.63) is 98.7 Å². The molecule has 0 aliphatic carbocycles. The molecule has 2 aliphatic rings. The molecule has 314 valence electrons. The van der Waals surface area contributed by atoms with E-state index in [-0.39, 0.29) is 52.3 Å². The number of piperidine rings is 1. The van der Waals surface area contributed by atoms with Gasteiger partial charge in [0.2, 0.25) is 29.4 Å². The van der Waals surface area contributed by atoms with Gasteiger partial charge in [0.15, 0.2) is 0 Å². The topological polar surface area (TPSA) is 261 Å². The summed E-state index contributed by atoms with van der Waals surface area (Å²) in [6.07, 6.45) is 7.16. The smallest absolute Gasteiger partial charge is 0.324 e. The molecule has 2 aromatic heterocycles. The normalized spacial score (nSPS) is 15.1. The molecule has 2 aromatic carbocycles. The number of hydrogen-bond acceptors (Lipinski definition) is 14. The molecular formula is C39H41N9O10S2. The third-order valence-corrected chi connectivity index (χ3v) is 11.9. The van der Waals surface area contributed by atoms with Crippen LogP contribution < -0.4 is 30.7 Å². The number of imide groups is 1. The summed E-state index contributed by atoms with van der Waals surface area (Å²) in [5, 5.41) is 21.9. The van der Waals surface area contributed by atoms with E-state index < -0.39 is 32.8 Å². The Labute approximate surface area is 348 Å². The predicted molar refractivity (Wildman–Crippen MR) is 221 cm³/mol. The number of rotatable bonds is 19. The van der Waals surface area contributed by atoms with E-state index in [4.69, 9.17) is 4.74 Å². The van der Waals surface area contributed by atoms with Crippen LogP contribution in [0.4, 0.5) is 22.2 Å². The fourth-order valence-corrected chi connectivity index (χ4v) is 8.22. The number of ether oxygens (including phenoxy) is 1. The highest BCUT2D eigenvalue weighted by atomic mass is 32.2. The number of thiophene rings is 1. The summed E-state index contributed by atoms with van der Waals surface area (Å²) in [5.41, 5.74) is 2.96. The molecular weight excluding hydrogens is 819 g/mol. The first-order valence-electron chi connectivity index (χ1n) is 18.8. The number of fused-ring (bicyclic) bond motifs is 1. The summed E-state index contributed by atoms with van der Waals surface area (Å²) < 4.78 is 33.9. The second-order valence-corrected chi connectivity index (χ2v) is 16.5. The zero-order valence-corrected chi connectivity index (χ0v) is 33.9. The first-order valence-corrected chi connectivity index (χ1v) is 21.1. The largest absolute Gasteiger partial charge is 0.478 e. The van der Waals surface area contributed by atoms with Gasteiger partial charge in [-0.25, -0.2) is 18.4 Å². The molecule has 0 radical (unpaired) electrons. The molecule has 1 unspecified atom stereocenters. The maximum Gasteiger partial charge on any atom is 0.324 e. The molecule has 1 saturated heterocycles. The standard InChI is InChI=1S/C39H41N9O10S2/c1-58-38-36(46-60(56,57)27-14-10-24(11-15-27)43-33(50)17-12-26-13-19-35(59-26)48(54)55)42-22-25(44-38)6-5-21-41-32(49)9-2-3-20-40-30-8-4-7-28-29(30)23-47(39(28)53)31-16-18-34(51)45-37(31)52/h4,7-8,10-15,17,19,22,31,40H,2-3,5-6,9,16,18,20-21,23H2,1H3,(H,41,49)(H,42,46)(H,43,50)(H,45,51,52)/b17-12+. The van der Waals surface area contributed by atoms with E-state index in [2.05, 4.69) is 36.0 Å². The van der Waals surface area contributed by atoms with E-state index in [1.807, 2.05) is 6.07 Å². The fraction of sp³-hybridized carbons (Fsp3) is 0.308. The van der Waals surface area contributed by atoms with E-state index in [9.17, 15) is 42.5 Å². The van der Waals surface area contributed by atoms with Gasteiger partial charge in [0.1, 0.15) is 6.04 Å². The highest BCUT2D eigenvalue weighted by Gasteiger charge is 2.39. The number of benzene rings is 2. The van der Waals surface area contributed by atoms with Gasteiger partial charge in [-0.1, -0.05) is 17.4 Å². The molecule has 0 spiro atoms. The molecule has 5 N–H and O–H groups in total. The maximum atomic E-state index is 13.1. The van der Waals surface area contributed by atoms with Crippen LogP contribution in [0, 0.1) is 10.1 Å². The lowest BCUT2D eigenvalue weighted by molar-refractivity contribution is -0.380. The Morgan fingerprint density at radius 2 is 1.87 bits per heavy atom. The van der Waals surface area contributed by atoms with Crippen molar-refractivity contribution in [2.75, 3.05) is 35.6 Å². The molecule has 4 heterocycles. The molecule has 21 heteroatoms. The van der Waals surface area contributed by atoms with Gasteiger partial charge < -0.3 is 25.6 Å². The van der Waals surface area contributed by atoms with E-state index in [0.29, 0.717) is 73.4 Å². The molecule has 2 aliphatic heterocycles. The number of nitrogens with zero attached hydrogens (tertiary/aromatic N) is 4. The summed E-state index contributed by atoms with van der Waals surface area (Å²) >= 11 is 0.920. The van der Waals surface area contributed by atoms with Crippen molar-refractivity contribution in [3.8, 4) is 5.88 Å². The highest BCUT2D eigenvalue weighted by Crippen LogP contribution is 2.32. The van der Waals surface area contributed by atoms with E-state index in [1.165, 1.54) is 66.8 Å². The third-order valence-electron chi connectivity index (χ3n) is 9.50. The van der Waals surface area contributed by atoms with Crippen LogP contribution in [0.15, 0.2) is 71.8 Å². The minimum Gasteiger partial charge on any atom is -0.478 e.